The van der Waals surface area contributed by atoms with Gasteiger partial charge < -0.3 is 10.1 Å². The maximum atomic E-state index is 5.40. The van der Waals surface area contributed by atoms with E-state index in [9.17, 15) is 0 Å². The van der Waals surface area contributed by atoms with Crippen LogP contribution in [0.1, 0.15) is 24.0 Å². The third-order valence-electron chi connectivity index (χ3n) is 3.48. The average Bonchev–Trinajstić information content (AvgIpc) is 2.35. The molecule has 2 rings (SSSR count). The number of methoxy groups -OCH3 is 1. The lowest BCUT2D eigenvalue weighted by Gasteiger charge is -2.23. The first-order valence-corrected chi connectivity index (χ1v) is 7.03. The molecule has 17 heavy (non-hydrogen) atoms. The molecule has 0 atom stereocenters. The van der Waals surface area contributed by atoms with E-state index in [4.69, 9.17) is 4.74 Å². The molecule has 0 amide bonds. The van der Waals surface area contributed by atoms with Gasteiger partial charge in [0, 0.05) is 0 Å². The van der Waals surface area contributed by atoms with Gasteiger partial charge in [-0.1, -0.05) is 6.07 Å². The average molecular weight is 298 g/mol. The first kappa shape index (κ1) is 12.9. The smallest absolute Gasteiger partial charge is 0.133 e. The number of benzene rings is 1. The molecule has 1 aliphatic heterocycles. The Bertz CT molecular complexity index is 386. The molecule has 1 N–H and O–H groups in total. The summed E-state index contributed by atoms with van der Waals surface area (Å²) >= 11 is 3.56. The highest BCUT2D eigenvalue weighted by Crippen LogP contribution is 2.31. The van der Waals surface area contributed by atoms with E-state index >= 15 is 0 Å². The number of hydrogen-bond acceptors (Lipinski definition) is 2. The molecule has 3 heteroatoms. The van der Waals surface area contributed by atoms with Crippen LogP contribution < -0.4 is 10.1 Å². The third kappa shape index (κ3) is 3.23. The summed E-state index contributed by atoms with van der Waals surface area (Å²) in [4.78, 5) is 0. The van der Waals surface area contributed by atoms with Crippen molar-refractivity contribution in [1.82, 2.24) is 5.32 Å². The van der Waals surface area contributed by atoms with Crippen LogP contribution in [0.5, 0.6) is 5.75 Å². The number of nitrogens with one attached hydrogen (secondary N) is 1. The fourth-order valence-corrected chi connectivity index (χ4v) is 2.89. The Balaban J connectivity index is 2.12. The molecule has 0 bridgehead atoms. The standard InChI is InChI=1S/C14H20BrNO/c1-10-7-12(9-13(17-2)14(10)15)8-11-3-5-16-6-4-11/h7,9,11,16H,3-6,8H2,1-2H3. The second-order valence-electron chi connectivity index (χ2n) is 4.83. The predicted octanol–water partition coefficient (Wildman–Crippen LogP) is 3.31. The molecule has 1 aliphatic rings. The maximum absolute atomic E-state index is 5.40. The van der Waals surface area contributed by atoms with Gasteiger partial charge in [-0.15, -0.1) is 0 Å². The number of piperidine rings is 1. The van der Waals surface area contributed by atoms with E-state index in [2.05, 4.69) is 40.3 Å². The quantitative estimate of drug-likeness (QED) is 0.924. The first-order chi connectivity index (χ1) is 8.20. The van der Waals surface area contributed by atoms with E-state index in [-0.39, 0.29) is 0 Å². The van der Waals surface area contributed by atoms with E-state index in [1.807, 2.05) is 0 Å². The van der Waals surface area contributed by atoms with Gasteiger partial charge in [-0.3, -0.25) is 0 Å². The van der Waals surface area contributed by atoms with E-state index in [0.717, 1.165) is 29.2 Å². The highest BCUT2D eigenvalue weighted by molar-refractivity contribution is 9.10. The Morgan fingerprint density at radius 3 is 2.71 bits per heavy atom. The van der Waals surface area contributed by atoms with Crippen LogP contribution >= 0.6 is 15.9 Å². The topological polar surface area (TPSA) is 21.3 Å². The van der Waals surface area contributed by atoms with Crippen LogP contribution in [0.2, 0.25) is 0 Å². The highest BCUT2D eigenvalue weighted by atomic mass is 79.9. The Hall–Kier alpha value is -0.540. The first-order valence-electron chi connectivity index (χ1n) is 6.24. The minimum atomic E-state index is 0.821. The van der Waals surface area contributed by atoms with Crippen LogP contribution in [-0.4, -0.2) is 20.2 Å². The summed E-state index contributed by atoms with van der Waals surface area (Å²) in [6, 6.07) is 4.44. The Labute approximate surface area is 112 Å². The fourth-order valence-electron chi connectivity index (χ4n) is 2.49. The van der Waals surface area contributed by atoms with Crippen molar-refractivity contribution < 1.29 is 4.74 Å². The van der Waals surface area contributed by atoms with Crippen molar-refractivity contribution in [3.63, 3.8) is 0 Å². The molecule has 94 valence electrons. The van der Waals surface area contributed by atoms with E-state index in [0.29, 0.717) is 0 Å². The zero-order valence-corrected chi connectivity index (χ0v) is 12.1. The number of rotatable bonds is 3. The van der Waals surface area contributed by atoms with Crippen molar-refractivity contribution in [2.75, 3.05) is 20.2 Å². The SMILES string of the molecule is COc1cc(CC2CCNCC2)cc(C)c1Br. The van der Waals surface area contributed by atoms with Crippen molar-refractivity contribution in [3.05, 3.63) is 27.7 Å². The number of hydrogen-bond donors (Lipinski definition) is 1. The Morgan fingerprint density at radius 2 is 2.06 bits per heavy atom. The van der Waals surface area contributed by atoms with Crippen molar-refractivity contribution in [3.8, 4) is 5.75 Å². The Morgan fingerprint density at radius 1 is 1.35 bits per heavy atom. The molecule has 1 aromatic rings. The molecule has 2 nitrogen and oxygen atoms in total. The molecule has 1 fully saturated rings. The molecule has 1 heterocycles. The molecule has 0 unspecified atom stereocenters. The molecule has 1 aromatic carbocycles. The zero-order chi connectivity index (χ0) is 12.3. The summed E-state index contributed by atoms with van der Waals surface area (Å²) in [5.41, 5.74) is 2.66. The molecule has 1 saturated heterocycles. The van der Waals surface area contributed by atoms with Crippen LogP contribution in [0.4, 0.5) is 0 Å². The van der Waals surface area contributed by atoms with Gasteiger partial charge in [-0.2, -0.15) is 0 Å². The van der Waals surface area contributed by atoms with Gasteiger partial charge >= 0.3 is 0 Å². The molecule has 0 aliphatic carbocycles. The van der Waals surface area contributed by atoms with Crippen LogP contribution in [0, 0.1) is 12.8 Å². The summed E-state index contributed by atoms with van der Waals surface area (Å²) in [6.07, 6.45) is 3.75. The largest absolute Gasteiger partial charge is 0.496 e. The molecular formula is C14H20BrNO. The minimum Gasteiger partial charge on any atom is -0.496 e. The van der Waals surface area contributed by atoms with Crippen LogP contribution in [0.3, 0.4) is 0 Å². The molecular weight excluding hydrogens is 278 g/mol. The predicted molar refractivity (Wildman–Crippen MR) is 74.7 cm³/mol. The molecule has 0 aromatic heterocycles. The van der Waals surface area contributed by atoms with Crippen molar-refractivity contribution in [2.24, 2.45) is 5.92 Å². The van der Waals surface area contributed by atoms with E-state index in [1.165, 1.54) is 30.4 Å². The summed E-state index contributed by atoms with van der Waals surface area (Å²) < 4.78 is 6.47. The normalized spacial score (nSPS) is 17.1. The second-order valence-corrected chi connectivity index (χ2v) is 5.62. The number of halogens is 1. The summed E-state index contributed by atoms with van der Waals surface area (Å²) in [7, 11) is 1.73. The van der Waals surface area contributed by atoms with Crippen molar-refractivity contribution in [2.45, 2.75) is 26.2 Å². The fraction of sp³-hybridized carbons (Fsp3) is 0.571. The Kier molecular flexibility index (Phi) is 4.46. The second kappa shape index (κ2) is 5.87. The van der Waals surface area contributed by atoms with Gasteiger partial charge in [0.05, 0.1) is 11.6 Å². The van der Waals surface area contributed by atoms with Gasteiger partial charge in [0.2, 0.25) is 0 Å². The summed E-state index contributed by atoms with van der Waals surface area (Å²) in [5.74, 6) is 1.77. The van der Waals surface area contributed by atoms with Crippen LogP contribution in [0.25, 0.3) is 0 Å². The van der Waals surface area contributed by atoms with Crippen LogP contribution in [-0.2, 0) is 6.42 Å². The monoisotopic (exact) mass is 297 g/mol. The molecule has 0 radical (unpaired) electrons. The minimum absolute atomic E-state index is 0.821. The van der Waals surface area contributed by atoms with E-state index < -0.39 is 0 Å². The summed E-state index contributed by atoms with van der Waals surface area (Å²) in [5, 5.41) is 3.41. The van der Waals surface area contributed by atoms with Gasteiger partial charge in [0.15, 0.2) is 0 Å². The highest BCUT2D eigenvalue weighted by Gasteiger charge is 2.15. The third-order valence-corrected chi connectivity index (χ3v) is 4.50. The van der Waals surface area contributed by atoms with Gasteiger partial charge in [-0.05, 0) is 78.3 Å². The van der Waals surface area contributed by atoms with Gasteiger partial charge in [0.1, 0.15) is 5.75 Å². The summed E-state index contributed by atoms with van der Waals surface area (Å²) in [6.45, 7) is 4.45. The molecule has 0 saturated carbocycles. The number of ether oxygens (including phenoxy) is 1. The zero-order valence-electron chi connectivity index (χ0n) is 10.6. The number of aryl methyl sites for hydroxylation is 1. The lowest BCUT2D eigenvalue weighted by molar-refractivity contribution is 0.371. The maximum Gasteiger partial charge on any atom is 0.133 e. The van der Waals surface area contributed by atoms with E-state index in [1.54, 1.807) is 7.11 Å². The molecule has 0 spiro atoms. The van der Waals surface area contributed by atoms with Gasteiger partial charge in [0.25, 0.3) is 0 Å². The van der Waals surface area contributed by atoms with Gasteiger partial charge in [-0.25, -0.2) is 0 Å². The van der Waals surface area contributed by atoms with Crippen LogP contribution in [0.15, 0.2) is 16.6 Å². The van der Waals surface area contributed by atoms with Crippen molar-refractivity contribution >= 4 is 15.9 Å². The van der Waals surface area contributed by atoms with Crippen molar-refractivity contribution in [1.29, 1.82) is 0 Å². The lowest BCUT2D eigenvalue weighted by Crippen LogP contribution is -2.28. The lowest BCUT2D eigenvalue weighted by atomic mass is 9.90.